The minimum Gasteiger partial charge on any atom is -0.380 e. The molecular weight excluding hydrogens is 487 g/mol. The van der Waals surface area contributed by atoms with E-state index in [-0.39, 0.29) is 30.7 Å². The fraction of sp³-hybridized carbons (Fsp3) is 0.615. The second-order valence-electron chi connectivity index (χ2n) is 10.6. The average Bonchev–Trinajstić information content (AvgIpc) is 3.65. The van der Waals surface area contributed by atoms with Gasteiger partial charge in [0.05, 0.1) is 42.9 Å². The van der Waals surface area contributed by atoms with Gasteiger partial charge in [-0.3, -0.25) is 14.6 Å². The number of fused-ring (bicyclic) bond motifs is 2. The molecule has 4 heterocycles. The van der Waals surface area contributed by atoms with Gasteiger partial charge in [0, 0.05) is 44.5 Å². The van der Waals surface area contributed by atoms with E-state index < -0.39 is 11.7 Å². The van der Waals surface area contributed by atoms with E-state index in [0.717, 1.165) is 48.9 Å². The molecule has 4 atom stereocenters. The molecule has 0 spiro atoms. The number of carbonyl (C=O) groups is 1. The first-order valence-electron chi connectivity index (χ1n) is 13.0. The molecule has 1 aliphatic carbocycles. The van der Waals surface area contributed by atoms with Crippen LogP contribution in [0.15, 0.2) is 24.5 Å². The zero-order valence-corrected chi connectivity index (χ0v) is 20.6. The van der Waals surface area contributed by atoms with Gasteiger partial charge in [0.15, 0.2) is 0 Å². The number of rotatable bonds is 6. The third-order valence-corrected chi connectivity index (χ3v) is 8.11. The third kappa shape index (κ3) is 5.27. The minimum absolute atomic E-state index is 0.0909. The lowest BCUT2D eigenvalue weighted by Gasteiger charge is -2.30. The van der Waals surface area contributed by atoms with Crippen molar-refractivity contribution in [1.29, 1.82) is 0 Å². The Hall–Kier alpha value is -2.47. The molecule has 2 saturated heterocycles. The molecule has 2 fully saturated rings. The van der Waals surface area contributed by atoms with E-state index in [1.165, 1.54) is 6.07 Å². The van der Waals surface area contributed by atoms with Crippen LogP contribution in [0.4, 0.5) is 13.2 Å². The Morgan fingerprint density at radius 2 is 2.11 bits per heavy atom. The number of imidazole rings is 1. The monoisotopic (exact) mass is 519 g/mol. The molecule has 4 aliphatic rings. The summed E-state index contributed by atoms with van der Waals surface area (Å²) in [5.74, 6) is -0.134. The van der Waals surface area contributed by atoms with Gasteiger partial charge in [-0.05, 0) is 48.9 Å². The minimum atomic E-state index is -4.38. The fourth-order valence-corrected chi connectivity index (χ4v) is 6.14. The van der Waals surface area contributed by atoms with Crippen molar-refractivity contribution in [3.8, 4) is 0 Å². The van der Waals surface area contributed by atoms with Crippen LogP contribution in [0.5, 0.6) is 0 Å². The lowest BCUT2D eigenvalue weighted by Crippen LogP contribution is -2.48. The Morgan fingerprint density at radius 1 is 1.22 bits per heavy atom. The van der Waals surface area contributed by atoms with Crippen LogP contribution in [0.2, 0.25) is 0 Å². The van der Waals surface area contributed by atoms with Crippen LogP contribution in [0.1, 0.15) is 47.0 Å². The van der Waals surface area contributed by atoms with Crippen LogP contribution < -0.4 is 5.32 Å². The van der Waals surface area contributed by atoms with Gasteiger partial charge in [0.1, 0.15) is 6.10 Å². The number of nitrogens with one attached hydrogen (secondary N) is 2. The van der Waals surface area contributed by atoms with Crippen molar-refractivity contribution < 1.29 is 27.4 Å². The predicted molar refractivity (Wildman–Crippen MR) is 128 cm³/mol. The smallest absolute Gasteiger partial charge is 0.380 e. The molecule has 2 aromatic rings. The van der Waals surface area contributed by atoms with Crippen LogP contribution in [-0.2, 0) is 39.8 Å². The number of likely N-dealkylation sites (tertiary alicyclic amines) is 1. The summed E-state index contributed by atoms with van der Waals surface area (Å²) in [6.07, 6.45) is 0.415. The number of aromatic amines is 1. The number of carbonyl (C=O) groups excluding carboxylic acids is 1. The molecule has 3 aliphatic heterocycles. The molecule has 200 valence electrons. The number of H-pyrrole nitrogens is 1. The summed E-state index contributed by atoms with van der Waals surface area (Å²) < 4.78 is 51.7. The Balaban J connectivity index is 1.10. The number of halogens is 3. The summed E-state index contributed by atoms with van der Waals surface area (Å²) in [6.45, 7) is 3.93. The lowest BCUT2D eigenvalue weighted by atomic mass is 9.97. The van der Waals surface area contributed by atoms with E-state index in [4.69, 9.17) is 9.47 Å². The first-order valence-corrected chi connectivity index (χ1v) is 13.0. The molecule has 37 heavy (non-hydrogen) atoms. The van der Waals surface area contributed by atoms with E-state index in [9.17, 15) is 18.0 Å². The number of ether oxygens (including phenoxy) is 2. The Labute approximate surface area is 213 Å². The normalized spacial score (nSPS) is 28.4. The van der Waals surface area contributed by atoms with Crippen molar-refractivity contribution in [3.63, 3.8) is 0 Å². The molecular formula is C26H32F3N5O3. The van der Waals surface area contributed by atoms with E-state index in [1.807, 2.05) is 4.90 Å². The molecule has 2 N–H and O–H groups in total. The number of benzene rings is 1. The van der Waals surface area contributed by atoms with Crippen LogP contribution in [-0.4, -0.2) is 83.3 Å². The zero-order valence-electron chi connectivity index (χ0n) is 20.6. The van der Waals surface area contributed by atoms with E-state index >= 15 is 0 Å². The SMILES string of the molecule is O=C(CN1CCc2ccc(C(F)(F)F)cc2C1)NC1CN(C2CCOC2)C[C@@H]1OC1CCc2[nH]cnc21. The highest BCUT2D eigenvalue weighted by Gasteiger charge is 2.41. The van der Waals surface area contributed by atoms with Gasteiger partial charge < -0.3 is 19.8 Å². The van der Waals surface area contributed by atoms with Crippen molar-refractivity contribution in [1.82, 2.24) is 25.1 Å². The standard InChI is InChI=1S/C26H32F3N5O3/c27-26(28,29)18-2-1-16-5-7-33(10-17(16)9-18)13-24(35)32-21-11-34(19-6-8-36-14-19)12-23(21)37-22-4-3-20-25(22)31-15-30-20/h1-2,9,15,19,21-23H,3-8,10-14H2,(H,30,31)(H,32,35)/t19?,21?,22?,23-/m0/s1. The second kappa shape index (κ2) is 10.0. The first kappa shape index (κ1) is 24.8. The summed E-state index contributed by atoms with van der Waals surface area (Å²) in [6, 6.07) is 4.06. The maximum atomic E-state index is 13.2. The van der Waals surface area contributed by atoms with E-state index in [2.05, 4.69) is 20.2 Å². The molecule has 0 bridgehead atoms. The summed E-state index contributed by atoms with van der Waals surface area (Å²) in [7, 11) is 0. The molecule has 8 nitrogen and oxygen atoms in total. The largest absolute Gasteiger partial charge is 0.416 e. The molecule has 11 heteroatoms. The average molecular weight is 520 g/mol. The van der Waals surface area contributed by atoms with Gasteiger partial charge in [-0.15, -0.1) is 0 Å². The van der Waals surface area contributed by atoms with E-state index in [0.29, 0.717) is 50.8 Å². The summed E-state index contributed by atoms with van der Waals surface area (Å²) in [4.78, 5) is 25.0. The van der Waals surface area contributed by atoms with Crippen molar-refractivity contribution in [2.45, 2.75) is 62.7 Å². The topological polar surface area (TPSA) is 82.7 Å². The van der Waals surface area contributed by atoms with Crippen LogP contribution in [0.25, 0.3) is 0 Å². The van der Waals surface area contributed by atoms with Gasteiger partial charge in [0.2, 0.25) is 5.91 Å². The van der Waals surface area contributed by atoms with Crippen LogP contribution in [0.3, 0.4) is 0 Å². The Morgan fingerprint density at radius 3 is 2.92 bits per heavy atom. The van der Waals surface area contributed by atoms with Gasteiger partial charge in [0.25, 0.3) is 0 Å². The number of aryl methyl sites for hydroxylation is 1. The number of amides is 1. The number of alkyl halides is 3. The molecule has 1 aromatic carbocycles. The molecule has 0 radical (unpaired) electrons. The van der Waals surface area contributed by atoms with Crippen molar-refractivity contribution in [3.05, 3.63) is 52.6 Å². The van der Waals surface area contributed by atoms with Crippen LogP contribution >= 0.6 is 0 Å². The third-order valence-electron chi connectivity index (χ3n) is 8.11. The van der Waals surface area contributed by atoms with Crippen molar-refractivity contribution in [2.24, 2.45) is 0 Å². The number of nitrogens with zero attached hydrogens (tertiary/aromatic N) is 3. The first-order chi connectivity index (χ1) is 17.8. The number of hydrogen-bond donors (Lipinski definition) is 2. The van der Waals surface area contributed by atoms with Gasteiger partial charge in [-0.2, -0.15) is 13.2 Å². The van der Waals surface area contributed by atoms with Gasteiger partial charge in [-0.1, -0.05) is 6.07 Å². The van der Waals surface area contributed by atoms with Gasteiger partial charge >= 0.3 is 6.18 Å². The Kier molecular flexibility index (Phi) is 6.72. The molecule has 1 amide bonds. The molecule has 6 rings (SSSR count). The second-order valence-corrected chi connectivity index (χ2v) is 10.6. The highest BCUT2D eigenvalue weighted by molar-refractivity contribution is 5.78. The zero-order chi connectivity index (χ0) is 25.6. The molecule has 0 saturated carbocycles. The summed E-state index contributed by atoms with van der Waals surface area (Å²) >= 11 is 0. The number of hydrogen-bond acceptors (Lipinski definition) is 6. The summed E-state index contributed by atoms with van der Waals surface area (Å²) in [5.41, 5.74) is 2.98. The maximum Gasteiger partial charge on any atom is 0.416 e. The number of aromatic nitrogens is 2. The Bertz CT molecular complexity index is 1130. The van der Waals surface area contributed by atoms with Crippen molar-refractivity contribution >= 4 is 5.91 Å². The highest BCUT2D eigenvalue weighted by atomic mass is 19.4. The van der Waals surface area contributed by atoms with E-state index in [1.54, 1.807) is 12.4 Å². The highest BCUT2D eigenvalue weighted by Crippen LogP contribution is 2.35. The predicted octanol–water partition coefficient (Wildman–Crippen LogP) is 2.45. The molecule has 1 aromatic heterocycles. The maximum absolute atomic E-state index is 13.2. The quantitative estimate of drug-likeness (QED) is 0.610. The molecule has 3 unspecified atom stereocenters. The summed E-state index contributed by atoms with van der Waals surface area (Å²) in [5, 5.41) is 3.18. The fourth-order valence-electron chi connectivity index (χ4n) is 6.14. The van der Waals surface area contributed by atoms with Crippen LogP contribution in [0, 0.1) is 0 Å². The van der Waals surface area contributed by atoms with Gasteiger partial charge in [-0.25, -0.2) is 4.98 Å². The van der Waals surface area contributed by atoms with Crippen molar-refractivity contribution in [2.75, 3.05) is 39.4 Å². The lowest BCUT2D eigenvalue weighted by molar-refractivity contribution is -0.137.